The van der Waals surface area contributed by atoms with E-state index in [-0.39, 0.29) is 10.5 Å². The van der Waals surface area contributed by atoms with E-state index >= 15 is 0 Å². The summed E-state index contributed by atoms with van der Waals surface area (Å²) in [6.45, 7) is 4.59. The van der Waals surface area contributed by atoms with Crippen molar-refractivity contribution in [3.63, 3.8) is 0 Å². The third-order valence-electron chi connectivity index (χ3n) is 4.11. The van der Waals surface area contributed by atoms with Crippen molar-refractivity contribution in [1.29, 1.82) is 0 Å². The van der Waals surface area contributed by atoms with Gasteiger partial charge in [0.15, 0.2) is 0 Å². The van der Waals surface area contributed by atoms with Crippen LogP contribution in [0.5, 0.6) is 0 Å². The van der Waals surface area contributed by atoms with E-state index < -0.39 is 27.4 Å². The molecule has 2 rings (SSSR count). The predicted octanol–water partition coefficient (Wildman–Crippen LogP) is 2.41. The average molecular weight is 390 g/mol. The number of sulfonamides is 1. The van der Waals surface area contributed by atoms with E-state index in [0.717, 1.165) is 9.87 Å². The van der Waals surface area contributed by atoms with Crippen molar-refractivity contribution in [2.75, 3.05) is 11.4 Å². The highest BCUT2D eigenvalue weighted by atomic mass is 32.2. The second-order valence-electron chi connectivity index (χ2n) is 6.72. The smallest absolute Gasteiger partial charge is 0.328 e. The number of rotatable bonds is 6. The SMILES string of the molecule is Cc1ccc(N(C)S(=O)(=O)c2cccc(C(=O)NC(C)(C)C(=O)O)c2)cc1. The number of benzene rings is 2. The Morgan fingerprint density at radius 1 is 1.07 bits per heavy atom. The molecule has 2 aromatic rings. The minimum atomic E-state index is -3.88. The van der Waals surface area contributed by atoms with E-state index in [1.165, 1.54) is 45.2 Å². The standard InChI is InChI=1S/C19H22N2O5S/c1-13-8-10-15(11-9-13)21(4)27(25,26)16-7-5-6-14(12-16)17(22)20-19(2,3)18(23)24/h5-12H,1-4H3,(H,20,22)(H,23,24). The first-order valence-corrected chi connectivity index (χ1v) is 9.61. The van der Waals surface area contributed by atoms with Crippen molar-refractivity contribution in [3.8, 4) is 0 Å². The van der Waals surface area contributed by atoms with Gasteiger partial charge in [-0.1, -0.05) is 23.8 Å². The van der Waals surface area contributed by atoms with Crippen LogP contribution in [0.1, 0.15) is 29.8 Å². The van der Waals surface area contributed by atoms with Gasteiger partial charge in [0.1, 0.15) is 5.54 Å². The van der Waals surface area contributed by atoms with E-state index in [1.54, 1.807) is 24.3 Å². The van der Waals surface area contributed by atoms with Crippen LogP contribution in [0.25, 0.3) is 0 Å². The summed E-state index contributed by atoms with van der Waals surface area (Å²) in [6.07, 6.45) is 0. The van der Waals surface area contributed by atoms with Crippen LogP contribution < -0.4 is 9.62 Å². The maximum absolute atomic E-state index is 12.9. The monoisotopic (exact) mass is 390 g/mol. The summed E-state index contributed by atoms with van der Waals surface area (Å²) in [5.74, 6) is -1.86. The number of aliphatic carboxylic acids is 1. The molecule has 0 aromatic heterocycles. The molecular formula is C19H22N2O5S. The van der Waals surface area contributed by atoms with Crippen molar-refractivity contribution in [2.45, 2.75) is 31.2 Å². The van der Waals surface area contributed by atoms with Gasteiger partial charge in [-0.15, -0.1) is 0 Å². The van der Waals surface area contributed by atoms with Gasteiger partial charge in [-0.25, -0.2) is 13.2 Å². The maximum atomic E-state index is 12.9. The van der Waals surface area contributed by atoms with Crippen LogP contribution in [0.2, 0.25) is 0 Å². The molecule has 0 bridgehead atoms. The molecule has 0 aliphatic rings. The summed E-state index contributed by atoms with van der Waals surface area (Å²) in [4.78, 5) is 23.4. The first-order valence-electron chi connectivity index (χ1n) is 8.17. The number of hydrogen-bond donors (Lipinski definition) is 2. The molecule has 8 heteroatoms. The second-order valence-corrected chi connectivity index (χ2v) is 8.69. The first-order chi connectivity index (χ1) is 12.4. The lowest BCUT2D eigenvalue weighted by atomic mass is 10.1. The summed E-state index contributed by atoms with van der Waals surface area (Å²) >= 11 is 0. The number of carboxylic acid groups (broad SMARTS) is 1. The summed E-state index contributed by atoms with van der Waals surface area (Å²) in [5, 5.41) is 11.5. The van der Waals surface area contributed by atoms with Crippen LogP contribution in [0.4, 0.5) is 5.69 Å². The van der Waals surface area contributed by atoms with E-state index in [9.17, 15) is 18.0 Å². The van der Waals surface area contributed by atoms with Crippen LogP contribution in [0.3, 0.4) is 0 Å². The lowest BCUT2D eigenvalue weighted by Gasteiger charge is -2.22. The minimum Gasteiger partial charge on any atom is -0.480 e. The Hall–Kier alpha value is -2.87. The van der Waals surface area contributed by atoms with E-state index in [0.29, 0.717) is 5.69 Å². The number of carbonyl (C=O) groups is 2. The molecule has 0 atom stereocenters. The predicted molar refractivity (Wildman–Crippen MR) is 102 cm³/mol. The number of nitrogens with zero attached hydrogens (tertiary/aromatic N) is 1. The third-order valence-corrected chi connectivity index (χ3v) is 5.89. The van der Waals surface area contributed by atoms with Crippen LogP contribution in [0, 0.1) is 6.92 Å². The Kier molecular flexibility index (Phi) is 5.60. The molecule has 0 radical (unpaired) electrons. The zero-order valence-electron chi connectivity index (χ0n) is 15.6. The molecule has 0 aliphatic heterocycles. The number of anilines is 1. The zero-order valence-corrected chi connectivity index (χ0v) is 16.4. The molecule has 144 valence electrons. The van der Waals surface area contributed by atoms with Crippen LogP contribution >= 0.6 is 0 Å². The Bertz CT molecular complexity index is 966. The van der Waals surface area contributed by atoms with Crippen LogP contribution in [0.15, 0.2) is 53.4 Å². The lowest BCUT2D eigenvalue weighted by Crippen LogP contribution is -2.49. The molecule has 2 N–H and O–H groups in total. The summed E-state index contributed by atoms with van der Waals surface area (Å²) < 4.78 is 26.9. The van der Waals surface area contributed by atoms with Crippen molar-refractivity contribution >= 4 is 27.6 Å². The topological polar surface area (TPSA) is 104 Å². The molecule has 0 aliphatic carbocycles. The molecule has 0 heterocycles. The van der Waals surface area contributed by atoms with Crippen LogP contribution in [-0.4, -0.2) is 38.0 Å². The maximum Gasteiger partial charge on any atom is 0.328 e. The Labute approximate surface area is 158 Å². The number of carboxylic acids is 1. The molecule has 7 nitrogen and oxygen atoms in total. The van der Waals surface area contributed by atoms with Crippen molar-refractivity contribution in [3.05, 3.63) is 59.7 Å². The second kappa shape index (κ2) is 7.40. The molecule has 0 fully saturated rings. The van der Waals surface area contributed by atoms with Crippen molar-refractivity contribution < 1.29 is 23.1 Å². The summed E-state index contributed by atoms with van der Waals surface area (Å²) in [6, 6.07) is 12.5. The van der Waals surface area contributed by atoms with Gasteiger partial charge in [0.2, 0.25) is 0 Å². The van der Waals surface area contributed by atoms with Gasteiger partial charge >= 0.3 is 5.97 Å². The van der Waals surface area contributed by atoms with Gasteiger partial charge in [-0.2, -0.15) is 0 Å². The van der Waals surface area contributed by atoms with Crippen LogP contribution in [-0.2, 0) is 14.8 Å². The van der Waals surface area contributed by atoms with Crippen molar-refractivity contribution in [1.82, 2.24) is 5.32 Å². The highest BCUT2D eigenvalue weighted by Crippen LogP contribution is 2.23. The fourth-order valence-corrected chi connectivity index (χ4v) is 3.50. The Morgan fingerprint density at radius 3 is 2.22 bits per heavy atom. The number of carbonyl (C=O) groups excluding carboxylic acids is 1. The molecule has 1 amide bonds. The Balaban J connectivity index is 2.34. The summed E-state index contributed by atoms with van der Waals surface area (Å²) in [5.41, 5.74) is 0.0689. The quantitative estimate of drug-likeness (QED) is 0.788. The van der Waals surface area contributed by atoms with Gasteiger partial charge < -0.3 is 10.4 Å². The number of nitrogens with one attached hydrogen (secondary N) is 1. The minimum absolute atomic E-state index is 0.0581. The van der Waals surface area contributed by atoms with Crippen molar-refractivity contribution in [2.24, 2.45) is 0 Å². The van der Waals surface area contributed by atoms with Gasteiger partial charge in [-0.3, -0.25) is 9.10 Å². The third kappa shape index (κ3) is 4.46. The van der Waals surface area contributed by atoms with Gasteiger partial charge in [-0.05, 0) is 51.1 Å². The first kappa shape index (κ1) is 20.4. The fraction of sp³-hybridized carbons (Fsp3) is 0.263. The number of aryl methyl sites for hydroxylation is 1. The molecule has 0 spiro atoms. The molecule has 2 aromatic carbocycles. The Morgan fingerprint density at radius 2 is 1.67 bits per heavy atom. The van der Waals surface area contributed by atoms with E-state index in [4.69, 9.17) is 5.11 Å². The number of hydrogen-bond acceptors (Lipinski definition) is 4. The zero-order chi connectivity index (χ0) is 20.4. The highest BCUT2D eigenvalue weighted by molar-refractivity contribution is 7.92. The van der Waals surface area contributed by atoms with Gasteiger partial charge in [0.05, 0.1) is 10.6 Å². The lowest BCUT2D eigenvalue weighted by molar-refractivity contribution is -0.143. The molecule has 0 saturated heterocycles. The molecule has 27 heavy (non-hydrogen) atoms. The average Bonchev–Trinajstić information content (AvgIpc) is 2.61. The van der Waals surface area contributed by atoms with E-state index in [1.807, 2.05) is 6.92 Å². The van der Waals surface area contributed by atoms with E-state index in [2.05, 4.69) is 5.32 Å². The molecule has 0 unspecified atom stereocenters. The molecule has 0 saturated carbocycles. The molecular weight excluding hydrogens is 368 g/mol. The number of amides is 1. The normalized spacial score (nSPS) is 11.7. The highest BCUT2D eigenvalue weighted by Gasteiger charge is 2.30. The fourth-order valence-electron chi connectivity index (χ4n) is 2.26. The van der Waals surface area contributed by atoms with Gasteiger partial charge in [0, 0.05) is 12.6 Å². The summed E-state index contributed by atoms with van der Waals surface area (Å²) in [7, 11) is -2.45. The van der Waals surface area contributed by atoms with Gasteiger partial charge in [0.25, 0.3) is 15.9 Å². The largest absolute Gasteiger partial charge is 0.480 e.